The van der Waals surface area contributed by atoms with E-state index in [9.17, 15) is 4.79 Å². The van der Waals surface area contributed by atoms with Crippen LogP contribution in [0.3, 0.4) is 0 Å². The van der Waals surface area contributed by atoms with Crippen LogP contribution in [0.15, 0.2) is 6.20 Å². The van der Waals surface area contributed by atoms with E-state index >= 15 is 0 Å². The van der Waals surface area contributed by atoms with Crippen LogP contribution >= 0.6 is 11.3 Å². The third kappa shape index (κ3) is 3.48. The number of carbonyl (C=O) groups excluding carboxylic acids is 1. The molecule has 0 spiro atoms. The Morgan fingerprint density at radius 1 is 1.62 bits per heavy atom. The fourth-order valence-electron chi connectivity index (χ4n) is 1.50. The van der Waals surface area contributed by atoms with Crippen molar-refractivity contribution in [2.75, 3.05) is 12.4 Å². The van der Waals surface area contributed by atoms with Crippen molar-refractivity contribution >= 4 is 22.4 Å². The first-order valence-corrected chi connectivity index (χ1v) is 6.12. The lowest BCUT2D eigenvalue weighted by Crippen LogP contribution is -2.30. The largest absolute Gasteiger partial charge is 0.465 e. The average Bonchev–Trinajstić information content (AvgIpc) is 2.64. The van der Waals surface area contributed by atoms with Crippen LogP contribution in [0, 0.1) is 0 Å². The number of hydrogen-bond acceptors (Lipinski definition) is 5. The Labute approximate surface area is 100 Å². The number of nitrogens with zero attached hydrogens (tertiary/aromatic N) is 1. The first kappa shape index (κ1) is 13.0. The Morgan fingerprint density at radius 2 is 2.31 bits per heavy atom. The zero-order chi connectivity index (χ0) is 12.2. The van der Waals surface area contributed by atoms with Gasteiger partial charge in [0.15, 0.2) is 5.13 Å². The van der Waals surface area contributed by atoms with Crippen LogP contribution in [-0.2, 0) is 4.74 Å². The maximum Gasteiger partial charge on any atom is 0.349 e. The van der Waals surface area contributed by atoms with Crippen LogP contribution in [0.4, 0.5) is 5.13 Å². The van der Waals surface area contributed by atoms with E-state index in [0.29, 0.717) is 4.88 Å². The number of nitrogens with one attached hydrogen (secondary N) is 1. The normalized spacial score (nSPS) is 11.2. The quantitative estimate of drug-likeness (QED) is 0.807. The third-order valence-corrected chi connectivity index (χ3v) is 3.11. The number of aromatic nitrogens is 1. The standard InChI is InChI=1S/C11H18N2O2S/c1-5-6-11(2,3)13-10-12-7-8(16-10)9(14)15-4/h7H,5-6H2,1-4H3,(H,12,13). The van der Waals surface area contributed by atoms with Gasteiger partial charge in [0, 0.05) is 5.54 Å². The van der Waals surface area contributed by atoms with Gasteiger partial charge in [0.1, 0.15) is 4.88 Å². The zero-order valence-electron chi connectivity index (χ0n) is 10.2. The van der Waals surface area contributed by atoms with E-state index in [1.54, 1.807) is 6.20 Å². The molecule has 1 N–H and O–H groups in total. The van der Waals surface area contributed by atoms with Crippen LogP contribution < -0.4 is 5.32 Å². The van der Waals surface area contributed by atoms with Gasteiger partial charge in [-0.05, 0) is 20.3 Å². The molecule has 16 heavy (non-hydrogen) atoms. The number of hydrogen-bond donors (Lipinski definition) is 1. The highest BCUT2D eigenvalue weighted by Gasteiger charge is 2.19. The lowest BCUT2D eigenvalue weighted by Gasteiger charge is -2.25. The van der Waals surface area contributed by atoms with Crippen molar-refractivity contribution < 1.29 is 9.53 Å². The molecule has 1 aromatic rings. The number of thiazole rings is 1. The van der Waals surface area contributed by atoms with E-state index < -0.39 is 0 Å². The van der Waals surface area contributed by atoms with Gasteiger partial charge >= 0.3 is 5.97 Å². The summed E-state index contributed by atoms with van der Waals surface area (Å²) in [5.41, 5.74) is -0.00000720. The van der Waals surface area contributed by atoms with Gasteiger partial charge in [-0.25, -0.2) is 9.78 Å². The monoisotopic (exact) mass is 242 g/mol. The van der Waals surface area contributed by atoms with Crippen molar-refractivity contribution in [1.82, 2.24) is 4.98 Å². The van der Waals surface area contributed by atoms with Crippen molar-refractivity contribution in [3.05, 3.63) is 11.1 Å². The van der Waals surface area contributed by atoms with E-state index in [0.717, 1.165) is 18.0 Å². The van der Waals surface area contributed by atoms with Crippen LogP contribution in [0.1, 0.15) is 43.3 Å². The van der Waals surface area contributed by atoms with E-state index in [1.165, 1.54) is 18.4 Å². The minimum absolute atomic E-state index is 0.00000720. The fraction of sp³-hybridized carbons (Fsp3) is 0.636. The van der Waals surface area contributed by atoms with E-state index in [-0.39, 0.29) is 11.5 Å². The lowest BCUT2D eigenvalue weighted by molar-refractivity contribution is 0.0606. The van der Waals surface area contributed by atoms with Gasteiger partial charge in [-0.15, -0.1) is 0 Å². The Kier molecular flexibility index (Phi) is 4.29. The SMILES string of the molecule is CCCC(C)(C)Nc1ncc(C(=O)OC)s1. The molecule has 0 aliphatic heterocycles. The fourth-order valence-corrected chi connectivity index (χ4v) is 2.42. The summed E-state index contributed by atoms with van der Waals surface area (Å²) < 4.78 is 4.63. The first-order chi connectivity index (χ1) is 7.48. The second-order valence-corrected chi connectivity index (χ2v) is 5.31. The summed E-state index contributed by atoms with van der Waals surface area (Å²) in [6.07, 6.45) is 3.70. The molecule has 0 atom stereocenters. The molecule has 0 saturated heterocycles. The van der Waals surface area contributed by atoms with E-state index in [4.69, 9.17) is 0 Å². The molecule has 0 aliphatic rings. The molecule has 0 unspecified atom stereocenters. The molecule has 1 aromatic heterocycles. The average molecular weight is 242 g/mol. The molecule has 0 aliphatic carbocycles. The van der Waals surface area contributed by atoms with Gasteiger partial charge in [0.2, 0.25) is 0 Å². The Hall–Kier alpha value is -1.10. The Bertz CT molecular complexity index is 361. The molecule has 5 heteroatoms. The molecule has 0 amide bonds. The molecule has 0 bridgehead atoms. The molecule has 0 fully saturated rings. The highest BCUT2D eigenvalue weighted by molar-refractivity contribution is 7.17. The highest BCUT2D eigenvalue weighted by atomic mass is 32.1. The molecule has 90 valence electrons. The predicted molar refractivity (Wildman–Crippen MR) is 66.1 cm³/mol. The molecular weight excluding hydrogens is 224 g/mol. The molecule has 1 rings (SSSR count). The van der Waals surface area contributed by atoms with Gasteiger partial charge in [-0.3, -0.25) is 0 Å². The predicted octanol–water partition coefficient (Wildman–Crippen LogP) is 2.92. The Morgan fingerprint density at radius 3 is 2.88 bits per heavy atom. The zero-order valence-corrected chi connectivity index (χ0v) is 11.0. The number of methoxy groups -OCH3 is 1. The summed E-state index contributed by atoms with van der Waals surface area (Å²) in [6, 6.07) is 0. The minimum atomic E-state index is -0.334. The summed E-state index contributed by atoms with van der Waals surface area (Å²) in [7, 11) is 1.37. The van der Waals surface area contributed by atoms with Crippen molar-refractivity contribution in [3.8, 4) is 0 Å². The summed E-state index contributed by atoms with van der Waals surface area (Å²) >= 11 is 1.32. The van der Waals surface area contributed by atoms with E-state index in [2.05, 4.69) is 35.8 Å². The second-order valence-electron chi connectivity index (χ2n) is 4.28. The summed E-state index contributed by atoms with van der Waals surface area (Å²) in [4.78, 5) is 15.9. The Balaban J connectivity index is 2.68. The number of rotatable bonds is 5. The van der Waals surface area contributed by atoms with Crippen LogP contribution in [-0.4, -0.2) is 23.6 Å². The van der Waals surface area contributed by atoms with Crippen LogP contribution in [0.5, 0.6) is 0 Å². The van der Waals surface area contributed by atoms with Gasteiger partial charge in [-0.2, -0.15) is 0 Å². The van der Waals surface area contributed by atoms with Crippen molar-refractivity contribution in [2.24, 2.45) is 0 Å². The van der Waals surface area contributed by atoms with Gasteiger partial charge in [-0.1, -0.05) is 24.7 Å². The molecular formula is C11H18N2O2S. The molecule has 0 aromatic carbocycles. The number of esters is 1. The lowest BCUT2D eigenvalue weighted by atomic mass is 10.00. The van der Waals surface area contributed by atoms with E-state index in [1.807, 2.05) is 0 Å². The first-order valence-electron chi connectivity index (χ1n) is 5.31. The maximum absolute atomic E-state index is 11.2. The number of ether oxygens (including phenoxy) is 1. The molecule has 0 radical (unpaired) electrons. The summed E-state index contributed by atoms with van der Waals surface area (Å²) in [6.45, 7) is 6.39. The summed E-state index contributed by atoms with van der Waals surface area (Å²) in [5.74, 6) is -0.334. The van der Waals surface area contributed by atoms with Crippen LogP contribution in [0.25, 0.3) is 0 Å². The minimum Gasteiger partial charge on any atom is -0.465 e. The van der Waals surface area contributed by atoms with Crippen molar-refractivity contribution in [3.63, 3.8) is 0 Å². The van der Waals surface area contributed by atoms with Crippen molar-refractivity contribution in [1.29, 1.82) is 0 Å². The van der Waals surface area contributed by atoms with Crippen molar-refractivity contribution in [2.45, 2.75) is 39.2 Å². The van der Waals surface area contributed by atoms with Gasteiger partial charge in [0.05, 0.1) is 13.3 Å². The molecule has 1 heterocycles. The molecule has 4 nitrogen and oxygen atoms in total. The number of carbonyl (C=O) groups is 1. The van der Waals surface area contributed by atoms with Gasteiger partial charge < -0.3 is 10.1 Å². The topological polar surface area (TPSA) is 51.2 Å². The molecule has 0 saturated carbocycles. The smallest absolute Gasteiger partial charge is 0.349 e. The van der Waals surface area contributed by atoms with Crippen LogP contribution in [0.2, 0.25) is 0 Å². The third-order valence-electron chi connectivity index (χ3n) is 2.21. The number of anilines is 1. The van der Waals surface area contributed by atoms with Gasteiger partial charge in [0.25, 0.3) is 0 Å². The highest BCUT2D eigenvalue weighted by Crippen LogP contribution is 2.24. The second kappa shape index (κ2) is 5.30. The maximum atomic E-state index is 11.2. The summed E-state index contributed by atoms with van der Waals surface area (Å²) in [5, 5.41) is 4.08.